The van der Waals surface area contributed by atoms with Gasteiger partial charge in [-0.2, -0.15) is 16.9 Å². The second-order valence-electron chi connectivity index (χ2n) is 3.26. The van der Waals surface area contributed by atoms with Gasteiger partial charge in [0.15, 0.2) is 0 Å². The molecular formula is C7H14N2S. The van der Waals surface area contributed by atoms with Crippen molar-refractivity contribution in [2.75, 3.05) is 11.5 Å². The summed E-state index contributed by atoms with van der Waals surface area (Å²) in [6.45, 7) is 4.41. The highest BCUT2D eigenvalue weighted by atomic mass is 32.2. The van der Waals surface area contributed by atoms with E-state index in [1.807, 2.05) is 11.8 Å². The van der Waals surface area contributed by atoms with E-state index in [1.165, 1.54) is 12.2 Å². The molecule has 0 amide bonds. The number of hydrazone groups is 1. The van der Waals surface area contributed by atoms with Crippen molar-refractivity contribution in [3.8, 4) is 0 Å². The van der Waals surface area contributed by atoms with Crippen LogP contribution in [0.1, 0.15) is 20.3 Å². The molecule has 2 nitrogen and oxygen atoms in total. The second-order valence-corrected chi connectivity index (χ2v) is 4.37. The van der Waals surface area contributed by atoms with E-state index in [9.17, 15) is 0 Å². The monoisotopic (exact) mass is 158 g/mol. The van der Waals surface area contributed by atoms with Crippen LogP contribution in [0.5, 0.6) is 0 Å². The van der Waals surface area contributed by atoms with Crippen molar-refractivity contribution in [1.29, 1.82) is 0 Å². The van der Waals surface area contributed by atoms with Crippen LogP contribution in [0.2, 0.25) is 0 Å². The van der Waals surface area contributed by atoms with E-state index in [0.29, 0.717) is 0 Å². The Hall–Kier alpha value is -0.180. The number of thioether (sulfide) groups is 1. The molecular weight excluding hydrogens is 144 g/mol. The molecule has 1 heterocycles. The van der Waals surface area contributed by atoms with Crippen molar-refractivity contribution in [2.45, 2.75) is 20.3 Å². The standard InChI is InChI=1S/C7H14N2S/c1-7(2)3-4-10-5-6(7)9-8/h3-5,8H2,1-2H3/b9-6+. The Bertz CT molecular complexity index is 152. The number of nitrogens with two attached hydrogens (primary N) is 1. The zero-order valence-corrected chi connectivity index (χ0v) is 7.37. The molecule has 0 saturated carbocycles. The lowest BCUT2D eigenvalue weighted by Gasteiger charge is -2.30. The summed E-state index contributed by atoms with van der Waals surface area (Å²) in [4.78, 5) is 0. The van der Waals surface area contributed by atoms with Gasteiger partial charge in [0, 0.05) is 11.2 Å². The van der Waals surface area contributed by atoms with Gasteiger partial charge in [-0.15, -0.1) is 0 Å². The third-order valence-corrected chi connectivity index (χ3v) is 3.02. The Morgan fingerprint density at radius 1 is 1.60 bits per heavy atom. The van der Waals surface area contributed by atoms with Gasteiger partial charge in [0.2, 0.25) is 0 Å². The van der Waals surface area contributed by atoms with Gasteiger partial charge in [0.1, 0.15) is 0 Å². The predicted octanol–water partition coefficient (Wildman–Crippen LogP) is 1.46. The van der Waals surface area contributed by atoms with E-state index in [0.717, 1.165) is 11.5 Å². The highest BCUT2D eigenvalue weighted by Gasteiger charge is 2.28. The van der Waals surface area contributed by atoms with Gasteiger partial charge >= 0.3 is 0 Å². The zero-order chi connectivity index (χ0) is 7.61. The normalized spacial score (nSPS) is 28.8. The van der Waals surface area contributed by atoms with Crippen molar-refractivity contribution in [1.82, 2.24) is 0 Å². The van der Waals surface area contributed by atoms with Crippen LogP contribution in [0.3, 0.4) is 0 Å². The fraction of sp³-hybridized carbons (Fsp3) is 0.857. The van der Waals surface area contributed by atoms with Crippen molar-refractivity contribution < 1.29 is 0 Å². The van der Waals surface area contributed by atoms with Crippen LogP contribution in [0.25, 0.3) is 0 Å². The van der Waals surface area contributed by atoms with E-state index in [2.05, 4.69) is 18.9 Å². The Morgan fingerprint density at radius 2 is 2.30 bits per heavy atom. The van der Waals surface area contributed by atoms with Gasteiger partial charge in [0.05, 0.1) is 5.71 Å². The maximum atomic E-state index is 5.25. The third kappa shape index (κ3) is 1.45. The molecule has 0 bridgehead atoms. The number of rotatable bonds is 0. The minimum Gasteiger partial charge on any atom is -0.323 e. The summed E-state index contributed by atoms with van der Waals surface area (Å²) in [5.74, 6) is 7.51. The molecule has 0 aromatic carbocycles. The molecule has 0 atom stereocenters. The Kier molecular flexibility index (Phi) is 2.24. The maximum Gasteiger partial charge on any atom is 0.0531 e. The molecule has 0 spiro atoms. The molecule has 1 saturated heterocycles. The fourth-order valence-corrected chi connectivity index (χ4v) is 2.51. The van der Waals surface area contributed by atoms with E-state index >= 15 is 0 Å². The second kappa shape index (κ2) is 2.82. The first-order valence-corrected chi connectivity index (χ1v) is 4.67. The summed E-state index contributed by atoms with van der Waals surface area (Å²) in [7, 11) is 0. The first kappa shape index (κ1) is 7.92. The zero-order valence-electron chi connectivity index (χ0n) is 6.55. The molecule has 58 valence electrons. The minimum absolute atomic E-state index is 0.250. The highest BCUT2D eigenvalue weighted by molar-refractivity contribution is 8.00. The van der Waals surface area contributed by atoms with Gasteiger partial charge in [-0.25, -0.2) is 0 Å². The van der Waals surface area contributed by atoms with Crippen LogP contribution in [0.4, 0.5) is 0 Å². The van der Waals surface area contributed by atoms with Crippen LogP contribution in [-0.4, -0.2) is 17.2 Å². The molecule has 1 aliphatic heterocycles. The Morgan fingerprint density at radius 3 is 2.70 bits per heavy atom. The lowest BCUT2D eigenvalue weighted by atomic mass is 9.85. The summed E-state index contributed by atoms with van der Waals surface area (Å²) in [6, 6.07) is 0. The Balaban J connectivity index is 2.70. The quantitative estimate of drug-likeness (QED) is 0.428. The molecule has 0 aromatic heterocycles. The van der Waals surface area contributed by atoms with Crippen LogP contribution < -0.4 is 5.84 Å². The molecule has 1 aliphatic rings. The predicted molar refractivity (Wildman–Crippen MR) is 47.3 cm³/mol. The molecule has 10 heavy (non-hydrogen) atoms. The van der Waals surface area contributed by atoms with E-state index in [1.54, 1.807) is 0 Å². The van der Waals surface area contributed by atoms with Gasteiger partial charge < -0.3 is 5.84 Å². The fourth-order valence-electron chi connectivity index (χ4n) is 1.05. The summed E-state index contributed by atoms with van der Waals surface area (Å²) < 4.78 is 0. The molecule has 2 N–H and O–H groups in total. The summed E-state index contributed by atoms with van der Waals surface area (Å²) in [5.41, 5.74) is 1.41. The van der Waals surface area contributed by atoms with E-state index in [4.69, 9.17) is 5.84 Å². The van der Waals surface area contributed by atoms with Crippen molar-refractivity contribution in [2.24, 2.45) is 16.4 Å². The van der Waals surface area contributed by atoms with Crippen LogP contribution >= 0.6 is 11.8 Å². The molecule has 0 unspecified atom stereocenters. The maximum absolute atomic E-state index is 5.25. The topological polar surface area (TPSA) is 38.4 Å². The minimum atomic E-state index is 0.250. The number of nitrogens with zero attached hydrogens (tertiary/aromatic N) is 1. The lowest BCUT2D eigenvalue weighted by molar-refractivity contribution is 0.499. The van der Waals surface area contributed by atoms with Crippen LogP contribution in [0, 0.1) is 5.41 Å². The molecule has 0 aliphatic carbocycles. The smallest absolute Gasteiger partial charge is 0.0531 e. The van der Waals surface area contributed by atoms with E-state index < -0.39 is 0 Å². The summed E-state index contributed by atoms with van der Waals surface area (Å²) in [6.07, 6.45) is 1.20. The summed E-state index contributed by atoms with van der Waals surface area (Å²) in [5, 5.41) is 3.80. The van der Waals surface area contributed by atoms with Gasteiger partial charge in [0.25, 0.3) is 0 Å². The number of hydrogen-bond donors (Lipinski definition) is 1. The number of hydrogen-bond acceptors (Lipinski definition) is 3. The molecule has 1 fully saturated rings. The first-order chi connectivity index (χ1) is 4.67. The first-order valence-electron chi connectivity index (χ1n) is 3.52. The molecule has 0 aromatic rings. The van der Waals surface area contributed by atoms with Crippen LogP contribution in [0.15, 0.2) is 5.10 Å². The highest BCUT2D eigenvalue weighted by Crippen LogP contribution is 2.31. The van der Waals surface area contributed by atoms with Crippen molar-refractivity contribution in [3.63, 3.8) is 0 Å². The SMILES string of the molecule is CC1(C)CCSC/C1=N\N. The molecule has 0 radical (unpaired) electrons. The average Bonchev–Trinajstić information content (AvgIpc) is 1.87. The van der Waals surface area contributed by atoms with E-state index in [-0.39, 0.29) is 5.41 Å². The van der Waals surface area contributed by atoms with Gasteiger partial charge in [-0.1, -0.05) is 13.8 Å². The van der Waals surface area contributed by atoms with Crippen molar-refractivity contribution >= 4 is 17.5 Å². The van der Waals surface area contributed by atoms with Crippen molar-refractivity contribution in [3.05, 3.63) is 0 Å². The largest absolute Gasteiger partial charge is 0.323 e. The van der Waals surface area contributed by atoms with Gasteiger partial charge in [-0.05, 0) is 12.2 Å². The Labute approximate surface area is 66.3 Å². The molecule has 1 rings (SSSR count). The summed E-state index contributed by atoms with van der Waals surface area (Å²) >= 11 is 1.92. The van der Waals surface area contributed by atoms with Crippen LogP contribution in [-0.2, 0) is 0 Å². The van der Waals surface area contributed by atoms with Gasteiger partial charge in [-0.3, -0.25) is 0 Å². The average molecular weight is 158 g/mol. The lowest BCUT2D eigenvalue weighted by Crippen LogP contribution is -2.31. The third-order valence-electron chi connectivity index (χ3n) is 2.05. The molecule has 3 heteroatoms.